The van der Waals surface area contributed by atoms with Crippen molar-refractivity contribution in [3.05, 3.63) is 0 Å². The number of ether oxygens (including phenoxy) is 1. The van der Waals surface area contributed by atoms with Crippen LogP contribution in [0.4, 0.5) is 0 Å². The highest BCUT2D eigenvalue weighted by Crippen LogP contribution is 2.29. The molecule has 0 amide bonds. The van der Waals surface area contributed by atoms with Crippen LogP contribution in [0.15, 0.2) is 0 Å². The number of carbonyl (C=O) groups is 1. The Labute approximate surface area is 60.7 Å². The highest BCUT2D eigenvalue weighted by atomic mass is 16.6. The summed E-state index contributed by atoms with van der Waals surface area (Å²) < 4.78 is 4.98. The summed E-state index contributed by atoms with van der Waals surface area (Å²) in [5, 5.41) is 0. The third-order valence-electron chi connectivity index (χ3n) is 1.68. The minimum absolute atomic E-state index is 0. The molecule has 2 N–H and O–H groups in total. The standard InChI is InChI=1S/C7H12O2.H2O/c1-2-3-4-7(5-8)6-9-7;/h5H,2-4,6H2,1H3;1H2. The van der Waals surface area contributed by atoms with Gasteiger partial charge in [-0.2, -0.15) is 0 Å². The van der Waals surface area contributed by atoms with Crippen LogP contribution in [-0.2, 0) is 9.53 Å². The molecule has 0 aromatic heterocycles. The van der Waals surface area contributed by atoms with Crippen LogP contribution in [0.3, 0.4) is 0 Å². The molecule has 1 aliphatic rings. The molecule has 0 spiro atoms. The molecule has 0 aromatic carbocycles. The molecule has 1 fully saturated rings. The average Bonchev–Trinajstić information content (AvgIpc) is 2.65. The van der Waals surface area contributed by atoms with E-state index in [0.717, 1.165) is 25.5 Å². The first-order chi connectivity index (χ1) is 4.33. The molecule has 0 radical (unpaired) electrons. The van der Waals surface area contributed by atoms with Crippen molar-refractivity contribution in [2.45, 2.75) is 31.8 Å². The summed E-state index contributed by atoms with van der Waals surface area (Å²) in [5.41, 5.74) is -0.337. The molecular formula is C7H14O3. The van der Waals surface area contributed by atoms with Crippen LogP contribution in [0.2, 0.25) is 0 Å². The van der Waals surface area contributed by atoms with Gasteiger partial charge in [0.2, 0.25) is 0 Å². The molecule has 1 saturated heterocycles. The Balaban J connectivity index is 0.000000810. The van der Waals surface area contributed by atoms with Gasteiger partial charge >= 0.3 is 0 Å². The Bertz CT molecular complexity index is 107. The molecule has 10 heavy (non-hydrogen) atoms. The average molecular weight is 146 g/mol. The fraction of sp³-hybridized carbons (Fsp3) is 0.857. The van der Waals surface area contributed by atoms with Crippen LogP contribution in [-0.4, -0.2) is 24.0 Å². The first-order valence-electron chi connectivity index (χ1n) is 3.43. The summed E-state index contributed by atoms with van der Waals surface area (Å²) in [6, 6.07) is 0. The Kier molecular flexibility index (Phi) is 3.53. The van der Waals surface area contributed by atoms with Crippen molar-refractivity contribution in [3.63, 3.8) is 0 Å². The topological polar surface area (TPSA) is 61.1 Å². The zero-order chi connectivity index (χ0) is 6.74. The lowest BCUT2D eigenvalue weighted by Gasteiger charge is -1.98. The summed E-state index contributed by atoms with van der Waals surface area (Å²) in [5.74, 6) is 0. The molecule has 0 saturated carbocycles. The maximum absolute atomic E-state index is 10.3. The number of hydrogen-bond acceptors (Lipinski definition) is 2. The number of hydrogen-bond donors (Lipinski definition) is 0. The van der Waals surface area contributed by atoms with Gasteiger partial charge in [0.05, 0.1) is 6.61 Å². The molecule has 1 rings (SSSR count). The summed E-state index contributed by atoms with van der Waals surface area (Å²) in [7, 11) is 0. The van der Waals surface area contributed by atoms with Crippen LogP contribution in [0.25, 0.3) is 0 Å². The van der Waals surface area contributed by atoms with Crippen LogP contribution in [0.1, 0.15) is 26.2 Å². The maximum atomic E-state index is 10.3. The minimum atomic E-state index is -0.337. The number of rotatable bonds is 4. The van der Waals surface area contributed by atoms with E-state index in [0.29, 0.717) is 6.61 Å². The lowest BCUT2D eigenvalue weighted by atomic mass is 10.1. The van der Waals surface area contributed by atoms with E-state index in [-0.39, 0.29) is 11.1 Å². The van der Waals surface area contributed by atoms with Gasteiger partial charge in [-0.05, 0) is 6.42 Å². The second-order valence-electron chi connectivity index (χ2n) is 2.57. The molecular weight excluding hydrogens is 132 g/mol. The van der Waals surface area contributed by atoms with E-state index < -0.39 is 0 Å². The molecule has 60 valence electrons. The number of aldehydes is 1. The highest BCUT2D eigenvalue weighted by molar-refractivity contribution is 5.66. The van der Waals surface area contributed by atoms with E-state index in [4.69, 9.17) is 4.74 Å². The van der Waals surface area contributed by atoms with Gasteiger partial charge < -0.3 is 15.0 Å². The van der Waals surface area contributed by atoms with E-state index in [1.165, 1.54) is 0 Å². The predicted molar refractivity (Wildman–Crippen MR) is 37.9 cm³/mol. The smallest absolute Gasteiger partial charge is 0.154 e. The molecule has 0 aromatic rings. The van der Waals surface area contributed by atoms with E-state index in [2.05, 4.69) is 6.92 Å². The minimum Gasteiger partial charge on any atom is -0.412 e. The van der Waals surface area contributed by atoms with Gasteiger partial charge in [0.1, 0.15) is 5.60 Å². The molecule has 1 atom stereocenters. The fourth-order valence-corrected chi connectivity index (χ4v) is 0.840. The van der Waals surface area contributed by atoms with Gasteiger partial charge in [0, 0.05) is 0 Å². The second kappa shape index (κ2) is 3.68. The van der Waals surface area contributed by atoms with E-state index in [1.807, 2.05) is 0 Å². The molecule has 0 bridgehead atoms. The molecule has 1 heterocycles. The van der Waals surface area contributed by atoms with Crippen molar-refractivity contribution < 1.29 is 15.0 Å². The summed E-state index contributed by atoms with van der Waals surface area (Å²) >= 11 is 0. The molecule has 1 unspecified atom stereocenters. The quantitative estimate of drug-likeness (QED) is 0.423. The third-order valence-corrected chi connectivity index (χ3v) is 1.68. The molecule has 0 aliphatic carbocycles. The van der Waals surface area contributed by atoms with E-state index in [1.54, 1.807) is 0 Å². The van der Waals surface area contributed by atoms with Gasteiger partial charge in [0.25, 0.3) is 0 Å². The van der Waals surface area contributed by atoms with E-state index >= 15 is 0 Å². The molecule has 3 heteroatoms. The van der Waals surface area contributed by atoms with Crippen LogP contribution in [0.5, 0.6) is 0 Å². The largest absolute Gasteiger partial charge is 0.412 e. The molecule has 3 nitrogen and oxygen atoms in total. The van der Waals surface area contributed by atoms with Crippen LogP contribution in [0, 0.1) is 0 Å². The number of carbonyl (C=O) groups excluding carboxylic acids is 1. The first-order valence-corrected chi connectivity index (χ1v) is 3.43. The normalized spacial score (nSPS) is 28.9. The zero-order valence-corrected chi connectivity index (χ0v) is 6.22. The predicted octanol–water partition coefficient (Wildman–Crippen LogP) is 0.320. The first kappa shape index (κ1) is 9.59. The Morgan fingerprint density at radius 3 is 2.60 bits per heavy atom. The van der Waals surface area contributed by atoms with Gasteiger partial charge in [-0.15, -0.1) is 0 Å². The van der Waals surface area contributed by atoms with Gasteiger partial charge in [-0.25, -0.2) is 0 Å². The molecule has 1 aliphatic heterocycles. The summed E-state index contributed by atoms with van der Waals surface area (Å²) in [6.07, 6.45) is 4.08. The summed E-state index contributed by atoms with van der Waals surface area (Å²) in [4.78, 5) is 10.3. The third kappa shape index (κ3) is 2.08. The van der Waals surface area contributed by atoms with Crippen LogP contribution >= 0.6 is 0 Å². The van der Waals surface area contributed by atoms with Crippen molar-refractivity contribution in [3.8, 4) is 0 Å². The van der Waals surface area contributed by atoms with Gasteiger partial charge in [-0.1, -0.05) is 19.8 Å². The van der Waals surface area contributed by atoms with E-state index in [9.17, 15) is 4.79 Å². The highest BCUT2D eigenvalue weighted by Gasteiger charge is 2.43. The Morgan fingerprint density at radius 1 is 1.70 bits per heavy atom. The van der Waals surface area contributed by atoms with Crippen molar-refractivity contribution in [1.82, 2.24) is 0 Å². The van der Waals surface area contributed by atoms with Crippen molar-refractivity contribution in [1.29, 1.82) is 0 Å². The second-order valence-corrected chi connectivity index (χ2v) is 2.57. The van der Waals surface area contributed by atoms with Crippen LogP contribution < -0.4 is 0 Å². The monoisotopic (exact) mass is 146 g/mol. The SMILES string of the molecule is CCCCC1(C=O)CO1.O. The fourth-order valence-electron chi connectivity index (χ4n) is 0.840. The van der Waals surface area contributed by atoms with Crippen molar-refractivity contribution in [2.24, 2.45) is 0 Å². The van der Waals surface area contributed by atoms with Gasteiger partial charge in [-0.3, -0.25) is 0 Å². The number of epoxide rings is 1. The Hall–Kier alpha value is -0.410. The zero-order valence-electron chi connectivity index (χ0n) is 6.22. The summed E-state index contributed by atoms with van der Waals surface area (Å²) in [6.45, 7) is 2.76. The lowest BCUT2D eigenvalue weighted by molar-refractivity contribution is -0.112. The Morgan fingerprint density at radius 2 is 2.30 bits per heavy atom. The number of unbranched alkanes of at least 4 members (excludes halogenated alkanes) is 1. The lowest BCUT2D eigenvalue weighted by Crippen LogP contribution is -2.11. The maximum Gasteiger partial charge on any atom is 0.154 e. The van der Waals surface area contributed by atoms with Crippen molar-refractivity contribution >= 4 is 6.29 Å². The van der Waals surface area contributed by atoms with Gasteiger partial charge in [0.15, 0.2) is 6.29 Å². The van der Waals surface area contributed by atoms with Crippen molar-refractivity contribution in [2.75, 3.05) is 6.61 Å².